The van der Waals surface area contributed by atoms with Gasteiger partial charge in [0, 0.05) is 32.7 Å². The third-order valence-electron chi connectivity index (χ3n) is 1.54. The SMILES string of the molecule is [CH2-][NH2+]CCN(CCN)CCN. The Morgan fingerprint density at radius 1 is 1.09 bits per heavy atom. The highest BCUT2D eigenvalue weighted by Gasteiger charge is 2.00. The summed E-state index contributed by atoms with van der Waals surface area (Å²) in [5.41, 5.74) is 10.8. The molecule has 0 aromatic rings. The number of nitrogens with zero attached hydrogens (tertiary/aromatic N) is 1. The van der Waals surface area contributed by atoms with E-state index in [1.54, 1.807) is 0 Å². The predicted octanol–water partition coefficient (Wildman–Crippen LogP) is -2.44. The van der Waals surface area contributed by atoms with E-state index in [4.69, 9.17) is 11.5 Å². The van der Waals surface area contributed by atoms with Crippen LogP contribution < -0.4 is 16.8 Å². The van der Waals surface area contributed by atoms with Gasteiger partial charge in [-0.1, -0.05) is 0 Å². The molecular formula is C7H20N4. The van der Waals surface area contributed by atoms with Crippen molar-refractivity contribution in [2.45, 2.75) is 0 Å². The van der Waals surface area contributed by atoms with Gasteiger partial charge in [0.15, 0.2) is 0 Å². The van der Waals surface area contributed by atoms with Crippen LogP contribution in [0.2, 0.25) is 0 Å². The Kier molecular flexibility index (Phi) is 7.83. The van der Waals surface area contributed by atoms with Crippen LogP contribution in [-0.4, -0.2) is 44.2 Å². The molecule has 0 saturated heterocycles. The van der Waals surface area contributed by atoms with E-state index in [1.165, 1.54) is 0 Å². The second-order valence-electron chi connectivity index (χ2n) is 2.50. The van der Waals surface area contributed by atoms with E-state index in [0.29, 0.717) is 13.1 Å². The molecule has 0 amide bonds. The Hall–Kier alpha value is -0.160. The van der Waals surface area contributed by atoms with Crippen molar-refractivity contribution >= 4 is 0 Å². The van der Waals surface area contributed by atoms with Gasteiger partial charge in [-0.2, -0.15) is 7.05 Å². The van der Waals surface area contributed by atoms with Gasteiger partial charge in [-0.25, -0.2) is 0 Å². The molecule has 4 nitrogen and oxygen atoms in total. The molecule has 0 aromatic heterocycles. The van der Waals surface area contributed by atoms with Crippen LogP contribution in [0.1, 0.15) is 0 Å². The molecule has 0 aliphatic rings. The van der Waals surface area contributed by atoms with Crippen molar-refractivity contribution in [2.24, 2.45) is 11.5 Å². The molecule has 0 atom stereocenters. The first kappa shape index (κ1) is 10.8. The summed E-state index contributed by atoms with van der Waals surface area (Å²) < 4.78 is 0. The molecule has 0 aliphatic carbocycles. The van der Waals surface area contributed by atoms with Crippen molar-refractivity contribution in [3.05, 3.63) is 7.05 Å². The summed E-state index contributed by atoms with van der Waals surface area (Å²) in [5, 5.41) is 1.92. The zero-order chi connectivity index (χ0) is 8.53. The van der Waals surface area contributed by atoms with Crippen LogP contribution in [-0.2, 0) is 0 Å². The largest absolute Gasteiger partial charge is 0.478 e. The van der Waals surface area contributed by atoms with Crippen LogP contribution in [0.25, 0.3) is 0 Å². The normalized spacial score (nSPS) is 10.9. The third kappa shape index (κ3) is 6.25. The first-order valence-corrected chi connectivity index (χ1v) is 4.08. The summed E-state index contributed by atoms with van der Waals surface area (Å²) >= 11 is 0. The van der Waals surface area contributed by atoms with E-state index < -0.39 is 0 Å². The molecule has 6 N–H and O–H groups in total. The summed E-state index contributed by atoms with van der Waals surface area (Å²) in [7, 11) is 3.66. The zero-order valence-electron chi connectivity index (χ0n) is 7.13. The quantitative estimate of drug-likeness (QED) is 0.362. The lowest BCUT2D eigenvalue weighted by Gasteiger charge is -2.19. The van der Waals surface area contributed by atoms with Gasteiger partial charge in [0.2, 0.25) is 0 Å². The standard InChI is InChI=1S/C7H20N4/c1-10-4-7-11(5-2-8)6-3-9/h1-10H2. The minimum Gasteiger partial charge on any atom is -0.478 e. The van der Waals surface area contributed by atoms with E-state index >= 15 is 0 Å². The number of nitrogens with two attached hydrogens (primary N) is 3. The Balaban J connectivity index is 3.34. The fourth-order valence-electron chi connectivity index (χ4n) is 0.974. The average molecular weight is 160 g/mol. The monoisotopic (exact) mass is 160 g/mol. The number of rotatable bonds is 7. The second-order valence-corrected chi connectivity index (χ2v) is 2.50. The Morgan fingerprint density at radius 2 is 1.64 bits per heavy atom. The van der Waals surface area contributed by atoms with Gasteiger partial charge in [0.05, 0.1) is 6.54 Å². The predicted molar refractivity (Wildman–Crippen MR) is 46.7 cm³/mol. The average Bonchev–Trinajstić information content (AvgIpc) is 2.01. The summed E-state index contributed by atoms with van der Waals surface area (Å²) in [4.78, 5) is 2.25. The Bertz CT molecular complexity index is 70.8. The van der Waals surface area contributed by atoms with Crippen molar-refractivity contribution in [2.75, 3.05) is 39.3 Å². The Labute approximate surface area is 68.9 Å². The number of quaternary nitrogens is 1. The molecule has 0 aromatic carbocycles. The molecule has 0 heterocycles. The van der Waals surface area contributed by atoms with E-state index in [0.717, 1.165) is 26.2 Å². The molecule has 0 saturated carbocycles. The maximum Gasteiger partial charge on any atom is 0.0645 e. The molecule has 0 fully saturated rings. The highest BCUT2D eigenvalue weighted by Crippen LogP contribution is 1.81. The van der Waals surface area contributed by atoms with Gasteiger partial charge in [-0.15, -0.1) is 0 Å². The molecule has 0 spiro atoms. The van der Waals surface area contributed by atoms with Crippen LogP contribution in [0.4, 0.5) is 0 Å². The maximum absolute atomic E-state index is 5.42. The molecule has 0 rings (SSSR count). The minimum absolute atomic E-state index is 0.705. The van der Waals surface area contributed by atoms with Gasteiger partial charge in [-0.05, 0) is 0 Å². The Morgan fingerprint density at radius 3 is 2.00 bits per heavy atom. The van der Waals surface area contributed by atoms with Crippen LogP contribution >= 0.6 is 0 Å². The molecule has 4 heteroatoms. The van der Waals surface area contributed by atoms with Gasteiger partial charge >= 0.3 is 0 Å². The van der Waals surface area contributed by atoms with Crippen molar-refractivity contribution in [3.63, 3.8) is 0 Å². The summed E-state index contributed by atoms with van der Waals surface area (Å²) in [6.45, 7) is 5.32. The van der Waals surface area contributed by atoms with E-state index in [9.17, 15) is 0 Å². The first-order valence-electron chi connectivity index (χ1n) is 4.08. The third-order valence-corrected chi connectivity index (χ3v) is 1.54. The summed E-state index contributed by atoms with van der Waals surface area (Å²) in [6.07, 6.45) is 0. The van der Waals surface area contributed by atoms with Crippen LogP contribution in [0.5, 0.6) is 0 Å². The fraction of sp³-hybridized carbons (Fsp3) is 0.857. The smallest absolute Gasteiger partial charge is 0.0645 e. The molecule has 68 valence electrons. The topological polar surface area (TPSA) is 71.9 Å². The lowest BCUT2D eigenvalue weighted by molar-refractivity contribution is -0.595. The van der Waals surface area contributed by atoms with Gasteiger partial charge < -0.3 is 16.8 Å². The minimum atomic E-state index is 0.705. The highest BCUT2D eigenvalue weighted by atomic mass is 15.1. The van der Waals surface area contributed by atoms with Crippen molar-refractivity contribution in [1.82, 2.24) is 4.90 Å². The van der Waals surface area contributed by atoms with E-state index in [-0.39, 0.29) is 0 Å². The summed E-state index contributed by atoms with van der Waals surface area (Å²) in [6, 6.07) is 0. The maximum atomic E-state index is 5.42. The summed E-state index contributed by atoms with van der Waals surface area (Å²) in [5.74, 6) is 0. The van der Waals surface area contributed by atoms with Crippen LogP contribution in [0.15, 0.2) is 0 Å². The van der Waals surface area contributed by atoms with Gasteiger partial charge in [0.1, 0.15) is 0 Å². The number of hydrogen-bond acceptors (Lipinski definition) is 3. The molecular weight excluding hydrogens is 140 g/mol. The highest BCUT2D eigenvalue weighted by molar-refractivity contribution is 4.56. The van der Waals surface area contributed by atoms with E-state index in [2.05, 4.69) is 11.9 Å². The molecule has 0 radical (unpaired) electrons. The molecule has 0 bridgehead atoms. The lowest BCUT2D eigenvalue weighted by atomic mass is 10.4. The van der Waals surface area contributed by atoms with Crippen molar-refractivity contribution in [1.29, 1.82) is 0 Å². The first-order chi connectivity index (χ1) is 5.35. The molecule has 11 heavy (non-hydrogen) atoms. The zero-order valence-corrected chi connectivity index (χ0v) is 7.13. The van der Waals surface area contributed by atoms with E-state index in [1.807, 2.05) is 5.32 Å². The van der Waals surface area contributed by atoms with Crippen molar-refractivity contribution < 1.29 is 5.32 Å². The van der Waals surface area contributed by atoms with Crippen LogP contribution in [0.3, 0.4) is 0 Å². The van der Waals surface area contributed by atoms with Crippen LogP contribution in [0, 0.1) is 7.05 Å². The number of hydrogen-bond donors (Lipinski definition) is 3. The molecule has 0 aliphatic heterocycles. The molecule has 0 unspecified atom stereocenters. The lowest BCUT2D eigenvalue weighted by Crippen LogP contribution is -2.78. The van der Waals surface area contributed by atoms with Gasteiger partial charge in [-0.3, -0.25) is 4.90 Å². The second kappa shape index (κ2) is 7.94. The van der Waals surface area contributed by atoms with Crippen molar-refractivity contribution in [3.8, 4) is 0 Å². The fourth-order valence-corrected chi connectivity index (χ4v) is 0.974. The van der Waals surface area contributed by atoms with Gasteiger partial charge in [0.25, 0.3) is 0 Å².